The number of carbonyl (C=O) groups excluding carboxylic acids is 1. The highest BCUT2D eigenvalue weighted by Crippen LogP contribution is 2.16. The average molecular weight is 168 g/mol. The molecule has 0 atom stereocenters. The first kappa shape index (κ1) is 11.0. The molecule has 3 heteroatoms. The van der Waals surface area contributed by atoms with Gasteiger partial charge in [-0.3, -0.25) is 4.79 Å². The Morgan fingerprint density at radius 3 is 2.25 bits per heavy atom. The molecule has 0 bridgehead atoms. The first-order valence-electron chi connectivity index (χ1n) is 4.09. The van der Waals surface area contributed by atoms with Crippen LogP contribution in [0.2, 0.25) is 0 Å². The maximum absolute atomic E-state index is 11.6. The molecule has 0 rings (SSSR count). The summed E-state index contributed by atoms with van der Waals surface area (Å²) in [6, 6.07) is 1.98. The molecule has 0 aliphatic rings. The monoisotopic (exact) mass is 168 g/mol. The second kappa shape index (κ2) is 4.10. The average Bonchev–Trinajstić information content (AvgIpc) is 1.97. The number of amides is 1. The summed E-state index contributed by atoms with van der Waals surface area (Å²) >= 11 is 0. The smallest absolute Gasteiger partial charge is 0.228 e. The number of nitrogens with zero attached hydrogens (tertiary/aromatic N) is 2. The Bertz CT molecular complexity index is 198. The van der Waals surface area contributed by atoms with Crippen LogP contribution in [0.5, 0.6) is 0 Å². The fourth-order valence-electron chi connectivity index (χ4n) is 0.887. The van der Waals surface area contributed by atoms with Crippen LogP contribution in [0.1, 0.15) is 27.7 Å². The van der Waals surface area contributed by atoms with E-state index in [1.165, 1.54) is 0 Å². The third-order valence-electron chi connectivity index (χ3n) is 1.57. The molecule has 0 spiro atoms. The number of carbonyl (C=O) groups is 1. The predicted octanol–water partition coefficient (Wildman–Crippen LogP) is 1.40. The van der Waals surface area contributed by atoms with E-state index in [9.17, 15) is 4.79 Å². The minimum Gasteiger partial charge on any atom is -0.329 e. The Morgan fingerprint density at radius 1 is 1.50 bits per heavy atom. The molecule has 0 radical (unpaired) electrons. The Kier molecular flexibility index (Phi) is 3.75. The van der Waals surface area contributed by atoms with E-state index >= 15 is 0 Å². The molecule has 0 aromatic heterocycles. The number of hydrogen-bond acceptors (Lipinski definition) is 2. The molecule has 0 aromatic carbocycles. The second-order valence-corrected chi connectivity index (χ2v) is 3.73. The molecule has 0 aliphatic heterocycles. The van der Waals surface area contributed by atoms with Gasteiger partial charge in [-0.25, -0.2) is 0 Å². The summed E-state index contributed by atoms with van der Waals surface area (Å²) in [4.78, 5) is 13.1. The van der Waals surface area contributed by atoms with Crippen molar-refractivity contribution in [3.05, 3.63) is 0 Å². The molecular weight excluding hydrogens is 152 g/mol. The van der Waals surface area contributed by atoms with Gasteiger partial charge >= 0.3 is 0 Å². The van der Waals surface area contributed by atoms with E-state index < -0.39 is 0 Å². The van der Waals surface area contributed by atoms with Crippen molar-refractivity contribution in [2.75, 3.05) is 13.1 Å². The van der Waals surface area contributed by atoms with E-state index in [4.69, 9.17) is 5.26 Å². The van der Waals surface area contributed by atoms with Gasteiger partial charge in [-0.2, -0.15) is 5.26 Å². The number of hydrogen-bond donors (Lipinski definition) is 0. The van der Waals surface area contributed by atoms with Crippen molar-refractivity contribution in [3.63, 3.8) is 0 Å². The van der Waals surface area contributed by atoms with Gasteiger partial charge in [-0.05, 0) is 6.92 Å². The summed E-state index contributed by atoms with van der Waals surface area (Å²) in [5.41, 5.74) is -0.382. The number of rotatable bonds is 2. The maximum Gasteiger partial charge on any atom is 0.228 e. The van der Waals surface area contributed by atoms with Gasteiger partial charge in [0.05, 0.1) is 6.07 Å². The third-order valence-corrected chi connectivity index (χ3v) is 1.57. The van der Waals surface area contributed by atoms with Gasteiger partial charge in [-0.15, -0.1) is 0 Å². The normalized spacial score (nSPS) is 10.6. The minimum atomic E-state index is -0.382. The molecule has 0 saturated heterocycles. The molecule has 12 heavy (non-hydrogen) atoms. The molecule has 0 N–H and O–H groups in total. The van der Waals surface area contributed by atoms with E-state index in [2.05, 4.69) is 0 Å². The van der Waals surface area contributed by atoms with Gasteiger partial charge in [0.1, 0.15) is 6.54 Å². The van der Waals surface area contributed by atoms with Crippen LogP contribution >= 0.6 is 0 Å². The van der Waals surface area contributed by atoms with Crippen molar-refractivity contribution in [2.24, 2.45) is 5.41 Å². The van der Waals surface area contributed by atoms with Crippen LogP contribution in [-0.4, -0.2) is 23.9 Å². The first-order valence-corrected chi connectivity index (χ1v) is 4.09. The van der Waals surface area contributed by atoms with Crippen LogP contribution in [0.4, 0.5) is 0 Å². The highest BCUT2D eigenvalue weighted by molar-refractivity contribution is 5.81. The minimum absolute atomic E-state index is 0.0338. The molecule has 0 unspecified atom stereocenters. The van der Waals surface area contributed by atoms with Crippen molar-refractivity contribution < 1.29 is 4.79 Å². The molecule has 3 nitrogen and oxygen atoms in total. The van der Waals surface area contributed by atoms with Crippen LogP contribution < -0.4 is 0 Å². The SMILES string of the molecule is CCN(CC#N)C(=O)C(C)(C)C. The summed E-state index contributed by atoms with van der Waals surface area (Å²) in [6.07, 6.45) is 0. The van der Waals surface area contributed by atoms with Crippen LogP contribution in [-0.2, 0) is 4.79 Å². The van der Waals surface area contributed by atoms with Gasteiger partial charge in [0.2, 0.25) is 5.91 Å². The Labute approximate surface area is 74.0 Å². The summed E-state index contributed by atoms with van der Waals surface area (Å²) in [5.74, 6) is 0.0338. The van der Waals surface area contributed by atoms with E-state index in [1.807, 2.05) is 33.8 Å². The summed E-state index contributed by atoms with van der Waals surface area (Å²) in [5, 5.41) is 8.44. The van der Waals surface area contributed by atoms with Gasteiger partial charge in [0.25, 0.3) is 0 Å². The Morgan fingerprint density at radius 2 is 2.00 bits per heavy atom. The lowest BCUT2D eigenvalue weighted by molar-refractivity contribution is -0.138. The molecular formula is C9H16N2O. The quantitative estimate of drug-likeness (QED) is 0.585. The highest BCUT2D eigenvalue weighted by Gasteiger charge is 2.25. The zero-order valence-electron chi connectivity index (χ0n) is 8.22. The lowest BCUT2D eigenvalue weighted by atomic mass is 9.95. The fraction of sp³-hybridized carbons (Fsp3) is 0.778. The largest absolute Gasteiger partial charge is 0.329 e. The molecule has 0 heterocycles. The Balaban J connectivity index is 4.34. The van der Waals surface area contributed by atoms with Gasteiger partial charge < -0.3 is 4.90 Å². The summed E-state index contributed by atoms with van der Waals surface area (Å²) < 4.78 is 0. The third kappa shape index (κ3) is 2.91. The zero-order valence-corrected chi connectivity index (χ0v) is 8.22. The van der Waals surface area contributed by atoms with Gasteiger partial charge in [0.15, 0.2) is 0 Å². The van der Waals surface area contributed by atoms with E-state index in [0.717, 1.165) is 0 Å². The maximum atomic E-state index is 11.6. The van der Waals surface area contributed by atoms with Crippen molar-refractivity contribution in [1.29, 1.82) is 5.26 Å². The van der Waals surface area contributed by atoms with Gasteiger partial charge in [0, 0.05) is 12.0 Å². The highest BCUT2D eigenvalue weighted by atomic mass is 16.2. The molecule has 68 valence electrons. The molecule has 1 amide bonds. The summed E-state index contributed by atoms with van der Waals surface area (Å²) in [7, 11) is 0. The first-order chi connectivity index (χ1) is 5.43. The van der Waals surface area contributed by atoms with E-state index in [1.54, 1.807) is 4.90 Å². The van der Waals surface area contributed by atoms with Crippen molar-refractivity contribution >= 4 is 5.91 Å². The second-order valence-electron chi connectivity index (χ2n) is 3.73. The molecule has 0 aliphatic carbocycles. The van der Waals surface area contributed by atoms with Crippen LogP contribution in [0, 0.1) is 16.7 Å². The fourth-order valence-corrected chi connectivity index (χ4v) is 0.887. The topological polar surface area (TPSA) is 44.1 Å². The van der Waals surface area contributed by atoms with Gasteiger partial charge in [-0.1, -0.05) is 20.8 Å². The molecule has 0 aromatic rings. The van der Waals surface area contributed by atoms with Crippen LogP contribution in [0.15, 0.2) is 0 Å². The van der Waals surface area contributed by atoms with Crippen molar-refractivity contribution in [1.82, 2.24) is 4.90 Å². The molecule has 0 fully saturated rings. The van der Waals surface area contributed by atoms with Crippen LogP contribution in [0.25, 0.3) is 0 Å². The predicted molar refractivity (Wildman–Crippen MR) is 47.3 cm³/mol. The molecule has 0 saturated carbocycles. The van der Waals surface area contributed by atoms with Crippen molar-refractivity contribution in [2.45, 2.75) is 27.7 Å². The Hall–Kier alpha value is -1.04. The number of nitriles is 1. The van der Waals surface area contributed by atoms with Crippen LogP contribution in [0.3, 0.4) is 0 Å². The van der Waals surface area contributed by atoms with E-state index in [-0.39, 0.29) is 17.9 Å². The zero-order chi connectivity index (χ0) is 9.78. The lowest BCUT2D eigenvalue weighted by Gasteiger charge is -2.26. The summed E-state index contributed by atoms with van der Waals surface area (Å²) in [6.45, 7) is 8.23. The van der Waals surface area contributed by atoms with Crippen molar-refractivity contribution in [3.8, 4) is 6.07 Å². The lowest BCUT2D eigenvalue weighted by Crippen LogP contribution is -2.39. The standard InChI is InChI=1S/C9H16N2O/c1-5-11(7-6-10)8(12)9(2,3)4/h5,7H2,1-4H3. The van der Waals surface area contributed by atoms with E-state index in [0.29, 0.717) is 6.54 Å².